The first-order valence-corrected chi connectivity index (χ1v) is 7.17. The Morgan fingerprint density at radius 1 is 1.42 bits per heavy atom. The number of carbonyl (C=O) groups is 2. The number of thiazole rings is 1. The first-order valence-electron chi connectivity index (χ1n) is 5.48. The van der Waals surface area contributed by atoms with Gasteiger partial charge in [0.05, 0.1) is 17.0 Å². The predicted octanol–water partition coefficient (Wildman–Crippen LogP) is 2.48. The Morgan fingerprint density at radius 2 is 2.16 bits per heavy atom. The summed E-state index contributed by atoms with van der Waals surface area (Å²) in [6.07, 6.45) is 0.0228. The molecular formula is C12H12N2O3S2. The quantitative estimate of drug-likeness (QED) is 0.941. The molecule has 0 aliphatic rings. The fourth-order valence-corrected chi connectivity index (χ4v) is 3.29. The van der Waals surface area contributed by atoms with Crippen molar-refractivity contribution in [1.82, 2.24) is 4.98 Å². The van der Waals surface area contributed by atoms with Gasteiger partial charge in [0.15, 0.2) is 5.13 Å². The van der Waals surface area contributed by atoms with E-state index in [0.29, 0.717) is 5.13 Å². The number of hydrogen-bond acceptors (Lipinski definition) is 5. The minimum Gasteiger partial charge on any atom is -0.481 e. The normalized spacial score (nSPS) is 10.4. The zero-order valence-corrected chi connectivity index (χ0v) is 12.0. The van der Waals surface area contributed by atoms with Crippen LogP contribution in [0.15, 0.2) is 17.5 Å². The maximum atomic E-state index is 11.2. The fraction of sp³-hybridized carbons (Fsp3) is 0.250. The second-order valence-electron chi connectivity index (χ2n) is 3.93. The molecule has 0 aliphatic carbocycles. The molecule has 0 saturated carbocycles. The largest absolute Gasteiger partial charge is 0.481 e. The van der Waals surface area contributed by atoms with E-state index < -0.39 is 5.97 Å². The van der Waals surface area contributed by atoms with Gasteiger partial charge in [-0.1, -0.05) is 0 Å². The van der Waals surface area contributed by atoms with Crippen LogP contribution in [-0.4, -0.2) is 29.0 Å². The summed E-state index contributed by atoms with van der Waals surface area (Å²) in [5.41, 5.74) is 0.773. The number of carboxylic acid groups (broad SMARTS) is 1. The van der Waals surface area contributed by atoms with Gasteiger partial charge in [0.2, 0.25) is 5.91 Å². The fourth-order valence-electron chi connectivity index (χ4n) is 1.43. The lowest BCUT2D eigenvalue weighted by Gasteiger charge is -2.09. The van der Waals surface area contributed by atoms with Crippen molar-refractivity contribution in [3.63, 3.8) is 0 Å². The molecule has 19 heavy (non-hydrogen) atoms. The lowest BCUT2D eigenvalue weighted by atomic mass is 10.3. The van der Waals surface area contributed by atoms with E-state index in [0.717, 1.165) is 15.4 Å². The van der Waals surface area contributed by atoms with E-state index in [9.17, 15) is 9.59 Å². The molecule has 2 aromatic rings. The molecule has 0 radical (unpaired) electrons. The van der Waals surface area contributed by atoms with Crippen molar-refractivity contribution >= 4 is 39.7 Å². The van der Waals surface area contributed by atoms with E-state index in [2.05, 4.69) is 4.98 Å². The van der Waals surface area contributed by atoms with Crippen molar-refractivity contribution in [2.75, 3.05) is 11.9 Å². The van der Waals surface area contributed by atoms with Crippen LogP contribution in [0.5, 0.6) is 0 Å². The van der Waals surface area contributed by atoms with Crippen LogP contribution in [0.25, 0.3) is 10.6 Å². The number of rotatable bonds is 4. The highest BCUT2D eigenvalue weighted by molar-refractivity contribution is 7.17. The summed E-state index contributed by atoms with van der Waals surface area (Å²) in [7, 11) is 1.68. The minimum absolute atomic E-state index is 0.0228. The first-order chi connectivity index (χ1) is 8.97. The molecule has 0 bridgehead atoms. The summed E-state index contributed by atoms with van der Waals surface area (Å²) in [5.74, 6) is -0.915. The van der Waals surface area contributed by atoms with Gasteiger partial charge in [0.25, 0.3) is 0 Å². The Kier molecular flexibility index (Phi) is 3.96. The van der Waals surface area contributed by atoms with Crippen LogP contribution < -0.4 is 4.90 Å². The van der Waals surface area contributed by atoms with Crippen molar-refractivity contribution in [2.45, 2.75) is 13.3 Å². The Bertz CT molecular complexity index is 618. The highest BCUT2D eigenvalue weighted by Gasteiger charge is 2.13. The van der Waals surface area contributed by atoms with Gasteiger partial charge in [0, 0.05) is 24.2 Å². The van der Waals surface area contributed by atoms with Crippen molar-refractivity contribution in [2.24, 2.45) is 0 Å². The molecule has 0 aromatic carbocycles. The molecule has 5 nitrogen and oxygen atoms in total. The summed E-state index contributed by atoms with van der Waals surface area (Å²) in [6.45, 7) is 1.48. The van der Waals surface area contributed by atoms with E-state index in [1.54, 1.807) is 13.1 Å². The summed E-state index contributed by atoms with van der Waals surface area (Å²) < 4.78 is 0. The second-order valence-corrected chi connectivity index (χ2v) is 5.93. The third-order valence-corrected chi connectivity index (χ3v) is 4.52. The van der Waals surface area contributed by atoms with E-state index in [-0.39, 0.29) is 12.3 Å². The molecular weight excluding hydrogens is 284 g/mol. The second kappa shape index (κ2) is 5.50. The molecule has 100 valence electrons. The number of aromatic nitrogens is 1. The maximum absolute atomic E-state index is 11.2. The van der Waals surface area contributed by atoms with Crippen LogP contribution in [-0.2, 0) is 16.0 Å². The maximum Gasteiger partial charge on any atom is 0.308 e. The summed E-state index contributed by atoms with van der Waals surface area (Å²) in [5, 5.41) is 11.2. The van der Waals surface area contributed by atoms with Crippen LogP contribution in [0.1, 0.15) is 11.8 Å². The van der Waals surface area contributed by atoms with Crippen molar-refractivity contribution in [3.05, 3.63) is 22.4 Å². The van der Waals surface area contributed by atoms with Gasteiger partial charge in [-0.15, -0.1) is 22.7 Å². The molecule has 7 heteroatoms. The van der Waals surface area contributed by atoms with Crippen LogP contribution in [0.4, 0.5) is 5.13 Å². The SMILES string of the molecule is CC(=O)N(C)c1nc(-c2ccc(CC(=O)O)s2)cs1. The first kappa shape index (κ1) is 13.7. The number of aliphatic carboxylic acids is 1. The van der Waals surface area contributed by atoms with Crippen molar-refractivity contribution < 1.29 is 14.7 Å². The molecule has 0 saturated heterocycles. The van der Waals surface area contributed by atoms with Gasteiger partial charge >= 0.3 is 5.97 Å². The molecule has 2 heterocycles. The van der Waals surface area contributed by atoms with E-state index in [1.807, 2.05) is 11.4 Å². The molecule has 2 rings (SSSR count). The minimum atomic E-state index is -0.844. The number of thiophene rings is 1. The van der Waals surface area contributed by atoms with Crippen molar-refractivity contribution in [1.29, 1.82) is 0 Å². The molecule has 1 N–H and O–H groups in total. The van der Waals surface area contributed by atoms with Gasteiger partial charge in [-0.2, -0.15) is 0 Å². The van der Waals surface area contributed by atoms with Crippen LogP contribution in [0, 0.1) is 0 Å². The predicted molar refractivity (Wildman–Crippen MR) is 75.9 cm³/mol. The molecule has 0 spiro atoms. The summed E-state index contributed by atoms with van der Waals surface area (Å²) in [4.78, 5) is 29.4. The van der Waals surface area contributed by atoms with E-state index >= 15 is 0 Å². The molecule has 0 unspecified atom stereocenters. The number of nitrogens with zero attached hydrogens (tertiary/aromatic N) is 2. The van der Waals surface area contributed by atoms with Gasteiger partial charge in [0.1, 0.15) is 0 Å². The average Bonchev–Trinajstić information content (AvgIpc) is 2.94. The molecule has 1 amide bonds. The zero-order valence-electron chi connectivity index (χ0n) is 10.4. The standard InChI is InChI=1S/C12H12N2O3S2/c1-7(15)14(2)12-13-9(6-18-12)10-4-3-8(19-10)5-11(16)17/h3-4,6H,5H2,1-2H3,(H,16,17). The Hall–Kier alpha value is -1.73. The smallest absolute Gasteiger partial charge is 0.308 e. The number of anilines is 1. The van der Waals surface area contributed by atoms with Gasteiger partial charge in [-0.25, -0.2) is 4.98 Å². The number of carbonyl (C=O) groups excluding carboxylic acids is 1. The third kappa shape index (κ3) is 3.18. The van der Waals surface area contributed by atoms with Crippen LogP contribution in [0.3, 0.4) is 0 Å². The molecule has 0 atom stereocenters. The highest BCUT2D eigenvalue weighted by Crippen LogP contribution is 2.32. The summed E-state index contributed by atoms with van der Waals surface area (Å²) in [6, 6.07) is 3.65. The molecule has 0 aliphatic heterocycles. The van der Waals surface area contributed by atoms with Gasteiger partial charge < -0.3 is 5.11 Å². The average molecular weight is 296 g/mol. The Balaban J connectivity index is 2.20. The topological polar surface area (TPSA) is 70.5 Å². The molecule has 0 fully saturated rings. The van der Waals surface area contributed by atoms with Gasteiger partial charge in [-0.05, 0) is 12.1 Å². The van der Waals surface area contributed by atoms with E-state index in [4.69, 9.17) is 5.11 Å². The third-order valence-electron chi connectivity index (χ3n) is 2.49. The van der Waals surface area contributed by atoms with Crippen molar-refractivity contribution in [3.8, 4) is 10.6 Å². The number of amides is 1. The molecule has 2 aromatic heterocycles. The summed E-state index contributed by atoms with van der Waals surface area (Å²) >= 11 is 2.80. The monoisotopic (exact) mass is 296 g/mol. The highest BCUT2D eigenvalue weighted by atomic mass is 32.1. The number of carboxylic acids is 1. The lowest BCUT2D eigenvalue weighted by molar-refractivity contribution is -0.136. The van der Waals surface area contributed by atoms with Gasteiger partial charge in [-0.3, -0.25) is 14.5 Å². The Labute approximate surface area is 118 Å². The van der Waals surface area contributed by atoms with Crippen LogP contribution >= 0.6 is 22.7 Å². The lowest BCUT2D eigenvalue weighted by Crippen LogP contribution is -2.22. The van der Waals surface area contributed by atoms with E-state index in [1.165, 1.54) is 34.5 Å². The number of hydrogen-bond donors (Lipinski definition) is 1. The Morgan fingerprint density at radius 3 is 2.79 bits per heavy atom. The van der Waals surface area contributed by atoms with Crippen LogP contribution in [0.2, 0.25) is 0 Å². The zero-order chi connectivity index (χ0) is 14.0.